The van der Waals surface area contributed by atoms with Crippen LogP contribution in [-0.2, 0) is 9.53 Å². The van der Waals surface area contributed by atoms with Gasteiger partial charge in [-0.05, 0) is 32.1 Å². The van der Waals surface area contributed by atoms with Gasteiger partial charge >= 0.3 is 12.1 Å². The Hall–Kier alpha value is -0.820. The lowest BCUT2D eigenvalue weighted by atomic mass is 9.90. The van der Waals surface area contributed by atoms with Gasteiger partial charge in [0, 0.05) is 12.6 Å². The van der Waals surface area contributed by atoms with Gasteiger partial charge in [0.2, 0.25) is 0 Å². The van der Waals surface area contributed by atoms with E-state index < -0.39 is 24.3 Å². The summed E-state index contributed by atoms with van der Waals surface area (Å²) in [5.74, 6) is -0.947. The van der Waals surface area contributed by atoms with E-state index in [0.717, 1.165) is 12.8 Å². The fourth-order valence-corrected chi connectivity index (χ4v) is 1.95. The zero-order chi connectivity index (χ0) is 14.5. The summed E-state index contributed by atoms with van der Waals surface area (Å²) in [4.78, 5) is 11.4. The number of carbonyl (C=O) groups is 1. The average Bonchev–Trinajstić information content (AvgIpc) is 3.09. The first-order chi connectivity index (χ1) is 8.79. The molecule has 1 unspecified atom stereocenters. The maximum absolute atomic E-state index is 11.9. The van der Waals surface area contributed by atoms with Crippen LogP contribution in [0.4, 0.5) is 13.2 Å². The van der Waals surface area contributed by atoms with Crippen molar-refractivity contribution in [3.8, 4) is 0 Å². The summed E-state index contributed by atoms with van der Waals surface area (Å²) in [6.07, 6.45) is -1.46. The Morgan fingerprint density at radius 1 is 1.42 bits per heavy atom. The highest BCUT2D eigenvalue weighted by Gasteiger charge is 2.40. The van der Waals surface area contributed by atoms with Crippen molar-refractivity contribution >= 4 is 5.97 Å². The van der Waals surface area contributed by atoms with E-state index in [0.29, 0.717) is 6.42 Å². The van der Waals surface area contributed by atoms with Crippen LogP contribution in [0.1, 0.15) is 39.0 Å². The van der Waals surface area contributed by atoms with E-state index in [1.54, 1.807) is 6.92 Å². The van der Waals surface area contributed by atoms with E-state index in [2.05, 4.69) is 10.1 Å². The number of hydrogen-bond acceptors (Lipinski definition) is 3. The molecule has 0 amide bonds. The number of carboxylic acid groups (broad SMARTS) is 1. The molecule has 0 bridgehead atoms. The molecule has 1 rings (SSSR count). The Kier molecular flexibility index (Phi) is 5.61. The quantitative estimate of drug-likeness (QED) is 0.638. The van der Waals surface area contributed by atoms with E-state index in [-0.39, 0.29) is 25.5 Å². The number of alkyl halides is 3. The molecule has 0 aromatic heterocycles. The Morgan fingerprint density at radius 2 is 2.05 bits per heavy atom. The van der Waals surface area contributed by atoms with Gasteiger partial charge in [0.25, 0.3) is 0 Å². The predicted molar refractivity (Wildman–Crippen MR) is 62.9 cm³/mol. The first kappa shape index (κ1) is 16.2. The highest BCUT2D eigenvalue weighted by Crippen LogP contribution is 2.27. The van der Waals surface area contributed by atoms with Gasteiger partial charge in [0.05, 0.1) is 0 Å². The van der Waals surface area contributed by atoms with E-state index in [1.165, 1.54) is 0 Å². The molecule has 1 saturated carbocycles. The van der Waals surface area contributed by atoms with Crippen LogP contribution >= 0.6 is 0 Å². The van der Waals surface area contributed by atoms with E-state index in [9.17, 15) is 23.1 Å². The van der Waals surface area contributed by atoms with E-state index in [1.807, 2.05) is 0 Å². The molecule has 112 valence electrons. The minimum Gasteiger partial charge on any atom is -0.480 e. The first-order valence-corrected chi connectivity index (χ1v) is 6.44. The number of halogens is 3. The summed E-state index contributed by atoms with van der Waals surface area (Å²) in [5.41, 5.74) is -1.04. The van der Waals surface area contributed by atoms with Crippen molar-refractivity contribution in [2.45, 2.75) is 56.8 Å². The zero-order valence-electron chi connectivity index (χ0n) is 10.9. The molecule has 1 aliphatic rings. The molecular weight excluding hydrogens is 263 g/mol. The van der Waals surface area contributed by atoms with Gasteiger partial charge in [-0.3, -0.25) is 10.1 Å². The van der Waals surface area contributed by atoms with Gasteiger partial charge in [0.1, 0.15) is 12.1 Å². The van der Waals surface area contributed by atoms with Crippen LogP contribution in [0.3, 0.4) is 0 Å². The van der Waals surface area contributed by atoms with E-state index >= 15 is 0 Å². The first-order valence-electron chi connectivity index (χ1n) is 6.44. The number of aliphatic carboxylic acids is 1. The molecule has 0 saturated heterocycles. The van der Waals surface area contributed by atoms with E-state index in [4.69, 9.17) is 0 Å². The number of hydrogen-bond donors (Lipinski definition) is 2. The third-order valence-corrected chi connectivity index (χ3v) is 3.23. The van der Waals surface area contributed by atoms with Crippen molar-refractivity contribution in [3.05, 3.63) is 0 Å². The Balaban J connectivity index is 2.34. The molecule has 1 fully saturated rings. The lowest BCUT2D eigenvalue weighted by molar-refractivity contribution is -0.174. The zero-order valence-corrected chi connectivity index (χ0v) is 10.9. The Bertz CT molecular complexity index is 305. The molecule has 4 nitrogen and oxygen atoms in total. The second kappa shape index (κ2) is 6.56. The second-order valence-electron chi connectivity index (χ2n) is 4.93. The smallest absolute Gasteiger partial charge is 0.411 e. The lowest BCUT2D eigenvalue weighted by Crippen LogP contribution is -2.52. The highest BCUT2D eigenvalue weighted by molar-refractivity contribution is 5.78. The van der Waals surface area contributed by atoms with Crippen molar-refractivity contribution in [1.29, 1.82) is 0 Å². The summed E-state index contributed by atoms with van der Waals surface area (Å²) in [5, 5.41) is 12.4. The SMILES string of the molecule is CCC(CCCOCC(F)(F)F)(NC1CC1)C(=O)O. The molecule has 0 heterocycles. The maximum atomic E-state index is 11.9. The Morgan fingerprint density at radius 3 is 2.47 bits per heavy atom. The summed E-state index contributed by atoms with van der Waals surface area (Å²) in [7, 11) is 0. The molecule has 0 aromatic rings. The van der Waals surface area contributed by atoms with Gasteiger partial charge in [-0.1, -0.05) is 6.92 Å². The van der Waals surface area contributed by atoms with Crippen LogP contribution in [0.2, 0.25) is 0 Å². The van der Waals surface area contributed by atoms with Crippen molar-refractivity contribution in [2.24, 2.45) is 0 Å². The fourth-order valence-electron chi connectivity index (χ4n) is 1.95. The van der Waals surface area contributed by atoms with Crippen LogP contribution in [-0.4, -0.2) is 42.0 Å². The van der Waals surface area contributed by atoms with Gasteiger partial charge in [-0.2, -0.15) is 13.2 Å². The summed E-state index contributed by atoms with van der Waals surface area (Å²) >= 11 is 0. The lowest BCUT2D eigenvalue weighted by Gasteiger charge is -2.29. The minimum atomic E-state index is -4.33. The topological polar surface area (TPSA) is 58.6 Å². The second-order valence-corrected chi connectivity index (χ2v) is 4.93. The normalized spacial score (nSPS) is 19.2. The number of carboxylic acids is 1. The fraction of sp³-hybridized carbons (Fsp3) is 0.917. The highest BCUT2D eigenvalue weighted by atomic mass is 19.4. The van der Waals surface area contributed by atoms with Crippen LogP contribution < -0.4 is 5.32 Å². The van der Waals surface area contributed by atoms with Crippen molar-refractivity contribution in [2.75, 3.05) is 13.2 Å². The summed E-state index contributed by atoms with van der Waals surface area (Å²) in [6.45, 7) is 0.399. The summed E-state index contributed by atoms with van der Waals surface area (Å²) in [6, 6.07) is 0.229. The molecule has 2 N–H and O–H groups in total. The largest absolute Gasteiger partial charge is 0.480 e. The molecular formula is C12H20F3NO3. The third-order valence-electron chi connectivity index (χ3n) is 3.23. The van der Waals surface area contributed by atoms with Crippen molar-refractivity contribution < 1.29 is 27.8 Å². The molecule has 0 spiro atoms. The third kappa shape index (κ3) is 5.78. The van der Waals surface area contributed by atoms with Crippen LogP contribution in [0.5, 0.6) is 0 Å². The molecule has 0 radical (unpaired) electrons. The minimum absolute atomic E-state index is 0.0825. The predicted octanol–water partition coefficient (Wildman–Crippen LogP) is 2.33. The average molecular weight is 283 g/mol. The van der Waals surface area contributed by atoms with Crippen LogP contribution in [0.15, 0.2) is 0 Å². The maximum Gasteiger partial charge on any atom is 0.411 e. The van der Waals surface area contributed by atoms with Crippen LogP contribution in [0.25, 0.3) is 0 Å². The number of ether oxygens (including phenoxy) is 1. The van der Waals surface area contributed by atoms with Gasteiger partial charge in [-0.15, -0.1) is 0 Å². The van der Waals surface area contributed by atoms with Crippen molar-refractivity contribution in [1.82, 2.24) is 5.32 Å². The molecule has 7 heteroatoms. The molecule has 0 aliphatic heterocycles. The van der Waals surface area contributed by atoms with Gasteiger partial charge < -0.3 is 9.84 Å². The molecule has 19 heavy (non-hydrogen) atoms. The standard InChI is InChI=1S/C12H20F3NO3/c1-2-11(10(17)18,16-9-4-5-9)6-3-7-19-8-12(13,14)15/h9,16H,2-8H2,1H3,(H,17,18). The molecule has 1 atom stereocenters. The van der Waals surface area contributed by atoms with Crippen LogP contribution in [0, 0.1) is 0 Å². The number of rotatable bonds is 9. The van der Waals surface area contributed by atoms with Gasteiger partial charge in [-0.25, -0.2) is 0 Å². The molecule has 0 aromatic carbocycles. The number of nitrogens with one attached hydrogen (secondary N) is 1. The van der Waals surface area contributed by atoms with Gasteiger partial charge in [0.15, 0.2) is 0 Å². The summed E-state index contributed by atoms with van der Waals surface area (Å²) < 4.78 is 40.1. The Labute approximate surface area is 110 Å². The molecule has 1 aliphatic carbocycles. The monoisotopic (exact) mass is 283 g/mol. The van der Waals surface area contributed by atoms with Crippen molar-refractivity contribution in [3.63, 3.8) is 0 Å².